The Morgan fingerprint density at radius 3 is 2.59 bits per heavy atom. The van der Waals surface area contributed by atoms with Gasteiger partial charge in [-0.05, 0) is 48.0 Å². The number of pyridine rings is 1. The maximum absolute atomic E-state index is 12.4. The van der Waals surface area contributed by atoms with Crippen LogP contribution < -0.4 is 15.4 Å². The number of benzene rings is 2. The molecule has 2 aromatic carbocycles. The van der Waals surface area contributed by atoms with Crippen LogP contribution in [-0.2, 0) is 6.54 Å². The molecule has 0 saturated heterocycles. The van der Waals surface area contributed by atoms with E-state index in [0.717, 1.165) is 11.3 Å². The molecule has 29 heavy (non-hydrogen) atoms. The van der Waals surface area contributed by atoms with E-state index in [0.29, 0.717) is 23.4 Å². The molecular formula is C22H18N4O3. The van der Waals surface area contributed by atoms with Crippen molar-refractivity contribution < 1.29 is 14.3 Å². The fourth-order valence-corrected chi connectivity index (χ4v) is 2.59. The Kier molecular flexibility index (Phi) is 6.18. The van der Waals surface area contributed by atoms with E-state index in [2.05, 4.69) is 15.6 Å². The summed E-state index contributed by atoms with van der Waals surface area (Å²) in [6.45, 7) is 0.341. The number of aromatic nitrogens is 1. The van der Waals surface area contributed by atoms with Gasteiger partial charge < -0.3 is 15.4 Å². The minimum absolute atomic E-state index is 0.101. The van der Waals surface area contributed by atoms with Crippen LogP contribution >= 0.6 is 0 Å². The molecule has 0 saturated carbocycles. The van der Waals surface area contributed by atoms with Crippen LogP contribution in [0.15, 0.2) is 66.9 Å². The van der Waals surface area contributed by atoms with E-state index in [-0.39, 0.29) is 11.6 Å². The quantitative estimate of drug-likeness (QED) is 0.677. The number of carbonyl (C=O) groups is 2. The highest BCUT2D eigenvalue weighted by atomic mass is 16.5. The first-order chi connectivity index (χ1) is 14.1. The lowest BCUT2D eigenvalue weighted by Crippen LogP contribution is -2.23. The monoisotopic (exact) mass is 386 g/mol. The Hall–Kier alpha value is -4.18. The zero-order chi connectivity index (χ0) is 20.6. The Bertz CT molecular complexity index is 1070. The van der Waals surface area contributed by atoms with Crippen molar-refractivity contribution in [2.24, 2.45) is 0 Å². The lowest BCUT2D eigenvalue weighted by atomic mass is 10.1. The van der Waals surface area contributed by atoms with E-state index in [9.17, 15) is 9.59 Å². The van der Waals surface area contributed by atoms with Crippen molar-refractivity contribution in [1.82, 2.24) is 10.3 Å². The van der Waals surface area contributed by atoms with Gasteiger partial charge in [0.05, 0.1) is 18.7 Å². The second-order valence-electron chi connectivity index (χ2n) is 6.11. The summed E-state index contributed by atoms with van der Waals surface area (Å²) in [6, 6.07) is 18.9. The number of nitriles is 1. The van der Waals surface area contributed by atoms with Crippen molar-refractivity contribution >= 4 is 17.5 Å². The van der Waals surface area contributed by atoms with E-state index in [1.54, 1.807) is 31.4 Å². The molecule has 0 radical (unpaired) electrons. The molecule has 0 aliphatic carbocycles. The molecule has 0 aliphatic heterocycles. The molecule has 3 aromatic rings. The fourth-order valence-electron chi connectivity index (χ4n) is 2.59. The number of anilines is 1. The molecular weight excluding hydrogens is 368 g/mol. The molecule has 3 rings (SSSR count). The number of rotatable bonds is 6. The zero-order valence-corrected chi connectivity index (χ0v) is 15.7. The number of methoxy groups -OCH3 is 1. The fraction of sp³-hybridized carbons (Fsp3) is 0.0909. The molecule has 7 heteroatoms. The standard InChI is InChI=1S/C22H18N4O3/c1-29-19-7-5-15(6-8-19)14-25-21(27)17-9-10-24-20(12-17)22(28)26-18-4-2-3-16(11-18)13-23/h2-12H,14H2,1H3,(H,25,27)(H,26,28). The van der Waals surface area contributed by atoms with Crippen molar-refractivity contribution in [1.29, 1.82) is 5.26 Å². The minimum atomic E-state index is -0.468. The van der Waals surface area contributed by atoms with Gasteiger partial charge in [0.2, 0.25) is 0 Å². The number of amides is 2. The molecule has 0 aliphatic rings. The van der Waals surface area contributed by atoms with Crippen LogP contribution in [0.4, 0.5) is 5.69 Å². The Morgan fingerprint density at radius 2 is 1.86 bits per heavy atom. The summed E-state index contributed by atoms with van der Waals surface area (Å²) in [6.07, 6.45) is 1.41. The zero-order valence-electron chi connectivity index (χ0n) is 15.7. The number of nitrogens with zero attached hydrogens (tertiary/aromatic N) is 2. The van der Waals surface area contributed by atoms with Gasteiger partial charge in [0.25, 0.3) is 11.8 Å². The van der Waals surface area contributed by atoms with Crippen LogP contribution in [0.2, 0.25) is 0 Å². The third kappa shape index (κ3) is 5.17. The molecule has 1 heterocycles. The van der Waals surface area contributed by atoms with Crippen LogP contribution in [0.25, 0.3) is 0 Å². The van der Waals surface area contributed by atoms with E-state index >= 15 is 0 Å². The SMILES string of the molecule is COc1ccc(CNC(=O)c2ccnc(C(=O)Nc3cccc(C#N)c3)c2)cc1. The van der Waals surface area contributed by atoms with Crippen molar-refractivity contribution in [2.45, 2.75) is 6.54 Å². The highest BCUT2D eigenvalue weighted by molar-refractivity contribution is 6.04. The van der Waals surface area contributed by atoms with E-state index in [4.69, 9.17) is 10.00 Å². The van der Waals surface area contributed by atoms with Gasteiger partial charge >= 0.3 is 0 Å². The van der Waals surface area contributed by atoms with Gasteiger partial charge in [0, 0.05) is 24.0 Å². The maximum atomic E-state index is 12.4. The topological polar surface area (TPSA) is 104 Å². The first-order valence-corrected chi connectivity index (χ1v) is 8.78. The van der Waals surface area contributed by atoms with Gasteiger partial charge in [-0.2, -0.15) is 5.26 Å². The second kappa shape index (κ2) is 9.15. The van der Waals surface area contributed by atoms with E-state index in [1.807, 2.05) is 30.3 Å². The largest absolute Gasteiger partial charge is 0.497 e. The second-order valence-corrected chi connectivity index (χ2v) is 6.11. The highest BCUT2D eigenvalue weighted by Gasteiger charge is 2.12. The minimum Gasteiger partial charge on any atom is -0.497 e. The summed E-state index contributed by atoms with van der Waals surface area (Å²) in [5.74, 6) is -0.0428. The average molecular weight is 386 g/mol. The molecule has 2 N–H and O–H groups in total. The molecule has 2 amide bonds. The number of ether oxygens (including phenoxy) is 1. The van der Waals surface area contributed by atoms with E-state index < -0.39 is 5.91 Å². The lowest BCUT2D eigenvalue weighted by molar-refractivity contribution is 0.0951. The number of hydrogen-bond donors (Lipinski definition) is 2. The van der Waals surface area contributed by atoms with Crippen LogP contribution in [0.1, 0.15) is 32.0 Å². The van der Waals surface area contributed by atoms with Crippen LogP contribution in [0.3, 0.4) is 0 Å². The van der Waals surface area contributed by atoms with Crippen molar-refractivity contribution in [2.75, 3.05) is 12.4 Å². The van der Waals surface area contributed by atoms with Gasteiger partial charge in [-0.25, -0.2) is 0 Å². The van der Waals surface area contributed by atoms with Gasteiger partial charge in [-0.1, -0.05) is 18.2 Å². The summed E-state index contributed by atoms with van der Waals surface area (Å²) in [7, 11) is 1.59. The van der Waals surface area contributed by atoms with Gasteiger partial charge in [-0.15, -0.1) is 0 Å². The Labute approximate surface area is 168 Å². The summed E-state index contributed by atoms with van der Waals surface area (Å²) in [4.78, 5) is 28.9. The molecule has 0 bridgehead atoms. The molecule has 0 unspecified atom stereocenters. The predicted octanol–water partition coefficient (Wildman–Crippen LogP) is 3.14. The van der Waals surface area contributed by atoms with Gasteiger partial charge in [0.15, 0.2) is 0 Å². The molecule has 0 spiro atoms. The average Bonchev–Trinajstić information content (AvgIpc) is 2.78. The molecule has 0 fully saturated rings. The summed E-state index contributed by atoms with van der Waals surface area (Å²) < 4.78 is 5.11. The summed E-state index contributed by atoms with van der Waals surface area (Å²) in [5, 5.41) is 14.4. The first kappa shape index (κ1) is 19.6. The van der Waals surface area contributed by atoms with Crippen molar-refractivity contribution in [3.05, 3.63) is 89.2 Å². The van der Waals surface area contributed by atoms with E-state index in [1.165, 1.54) is 18.3 Å². The number of nitrogens with one attached hydrogen (secondary N) is 2. The molecule has 144 valence electrons. The van der Waals surface area contributed by atoms with Crippen LogP contribution in [-0.4, -0.2) is 23.9 Å². The Balaban J connectivity index is 1.65. The van der Waals surface area contributed by atoms with Crippen molar-refractivity contribution in [3.8, 4) is 11.8 Å². The maximum Gasteiger partial charge on any atom is 0.274 e. The Morgan fingerprint density at radius 1 is 1.07 bits per heavy atom. The predicted molar refractivity (Wildman–Crippen MR) is 108 cm³/mol. The normalized spacial score (nSPS) is 9.93. The van der Waals surface area contributed by atoms with Crippen LogP contribution in [0.5, 0.6) is 5.75 Å². The van der Waals surface area contributed by atoms with Gasteiger partial charge in [-0.3, -0.25) is 14.6 Å². The third-order valence-electron chi connectivity index (χ3n) is 4.12. The summed E-state index contributed by atoms with van der Waals surface area (Å²) >= 11 is 0. The smallest absolute Gasteiger partial charge is 0.274 e. The van der Waals surface area contributed by atoms with Crippen LogP contribution in [0, 0.1) is 11.3 Å². The van der Waals surface area contributed by atoms with Crippen molar-refractivity contribution in [3.63, 3.8) is 0 Å². The number of hydrogen-bond acceptors (Lipinski definition) is 5. The molecule has 1 aromatic heterocycles. The third-order valence-corrected chi connectivity index (χ3v) is 4.12. The molecule has 0 atom stereocenters. The molecule has 7 nitrogen and oxygen atoms in total. The number of carbonyl (C=O) groups excluding carboxylic acids is 2. The lowest BCUT2D eigenvalue weighted by Gasteiger charge is -2.08. The summed E-state index contributed by atoms with van der Waals surface area (Å²) in [5.41, 5.74) is 2.25. The first-order valence-electron chi connectivity index (χ1n) is 8.78. The van der Waals surface area contributed by atoms with Gasteiger partial charge in [0.1, 0.15) is 11.4 Å². The highest BCUT2D eigenvalue weighted by Crippen LogP contribution is 2.13.